The lowest BCUT2D eigenvalue weighted by Gasteiger charge is -2.24. The molecule has 0 saturated carbocycles. The maximum absolute atomic E-state index is 10.4. The van der Waals surface area contributed by atoms with Gasteiger partial charge >= 0.3 is 0 Å². The van der Waals surface area contributed by atoms with Crippen LogP contribution in [0.4, 0.5) is 0 Å². The van der Waals surface area contributed by atoms with Crippen molar-refractivity contribution < 1.29 is 14.6 Å². The first-order valence-corrected chi connectivity index (χ1v) is 6.79. The standard InChI is InChI=1S/C17H20O3/c1-3-14(17(18)13-9-5-4-6-10-13)20-16-12-8-7-11-15(16)19-2/h4-12,14,17-18H,3H2,1-2H3. The van der Waals surface area contributed by atoms with E-state index in [-0.39, 0.29) is 6.10 Å². The van der Waals surface area contributed by atoms with Crippen LogP contribution in [-0.2, 0) is 0 Å². The predicted molar refractivity (Wildman–Crippen MR) is 79.1 cm³/mol. The SMILES string of the molecule is CCC(Oc1ccccc1OC)C(O)c1ccccc1. The van der Waals surface area contributed by atoms with Gasteiger partial charge in [-0.2, -0.15) is 0 Å². The van der Waals surface area contributed by atoms with E-state index in [1.807, 2.05) is 61.5 Å². The lowest BCUT2D eigenvalue weighted by Crippen LogP contribution is -2.24. The number of methoxy groups -OCH3 is 1. The number of para-hydroxylation sites is 2. The van der Waals surface area contributed by atoms with Crippen molar-refractivity contribution >= 4 is 0 Å². The molecule has 0 heterocycles. The van der Waals surface area contributed by atoms with Crippen molar-refractivity contribution in [2.24, 2.45) is 0 Å². The van der Waals surface area contributed by atoms with Crippen LogP contribution in [0.15, 0.2) is 54.6 Å². The van der Waals surface area contributed by atoms with Gasteiger partial charge in [0.1, 0.15) is 12.2 Å². The van der Waals surface area contributed by atoms with E-state index in [0.717, 1.165) is 5.56 Å². The predicted octanol–water partition coefficient (Wildman–Crippen LogP) is 3.59. The fraction of sp³-hybridized carbons (Fsp3) is 0.294. The first kappa shape index (κ1) is 14.4. The van der Waals surface area contributed by atoms with Crippen LogP contribution < -0.4 is 9.47 Å². The van der Waals surface area contributed by atoms with Crippen molar-refractivity contribution in [1.29, 1.82) is 0 Å². The van der Waals surface area contributed by atoms with Crippen molar-refractivity contribution in [3.8, 4) is 11.5 Å². The Morgan fingerprint density at radius 2 is 1.55 bits per heavy atom. The molecule has 0 amide bonds. The van der Waals surface area contributed by atoms with Crippen LogP contribution in [0, 0.1) is 0 Å². The molecular formula is C17H20O3. The number of aliphatic hydroxyl groups is 1. The summed E-state index contributed by atoms with van der Waals surface area (Å²) in [5, 5.41) is 10.4. The van der Waals surface area contributed by atoms with Crippen LogP contribution in [0.1, 0.15) is 25.0 Å². The Labute approximate surface area is 119 Å². The highest BCUT2D eigenvalue weighted by Gasteiger charge is 2.22. The quantitative estimate of drug-likeness (QED) is 0.873. The molecule has 2 atom stereocenters. The number of benzene rings is 2. The average molecular weight is 272 g/mol. The Morgan fingerprint density at radius 3 is 2.15 bits per heavy atom. The van der Waals surface area contributed by atoms with E-state index in [4.69, 9.17) is 9.47 Å². The van der Waals surface area contributed by atoms with Crippen LogP contribution in [0.25, 0.3) is 0 Å². The molecule has 0 aliphatic rings. The van der Waals surface area contributed by atoms with Crippen LogP contribution in [-0.4, -0.2) is 18.3 Å². The average Bonchev–Trinajstić information content (AvgIpc) is 2.53. The molecule has 0 radical (unpaired) electrons. The molecule has 2 aromatic rings. The zero-order chi connectivity index (χ0) is 14.4. The molecule has 0 aliphatic heterocycles. The van der Waals surface area contributed by atoms with Gasteiger partial charge < -0.3 is 14.6 Å². The van der Waals surface area contributed by atoms with E-state index >= 15 is 0 Å². The summed E-state index contributed by atoms with van der Waals surface area (Å²) in [6, 6.07) is 17.0. The highest BCUT2D eigenvalue weighted by molar-refractivity contribution is 5.39. The van der Waals surface area contributed by atoms with Crippen molar-refractivity contribution in [3.05, 3.63) is 60.2 Å². The zero-order valence-corrected chi connectivity index (χ0v) is 11.8. The number of hydrogen-bond acceptors (Lipinski definition) is 3. The van der Waals surface area contributed by atoms with Gasteiger partial charge in [0.15, 0.2) is 11.5 Å². The van der Waals surface area contributed by atoms with Gasteiger partial charge in [0.2, 0.25) is 0 Å². The number of ether oxygens (including phenoxy) is 2. The third-order valence-corrected chi connectivity index (χ3v) is 3.24. The van der Waals surface area contributed by atoms with Gasteiger partial charge in [0, 0.05) is 0 Å². The summed E-state index contributed by atoms with van der Waals surface area (Å²) in [4.78, 5) is 0. The van der Waals surface area contributed by atoms with Crippen LogP contribution in [0.2, 0.25) is 0 Å². The van der Waals surface area contributed by atoms with Crippen molar-refractivity contribution in [2.45, 2.75) is 25.6 Å². The maximum Gasteiger partial charge on any atom is 0.161 e. The molecule has 0 bridgehead atoms. The molecule has 1 N–H and O–H groups in total. The lowest BCUT2D eigenvalue weighted by atomic mass is 10.0. The molecule has 0 aliphatic carbocycles. The van der Waals surface area contributed by atoms with Gasteiger partial charge in [0.25, 0.3) is 0 Å². The molecule has 0 fully saturated rings. The van der Waals surface area contributed by atoms with Crippen LogP contribution in [0.3, 0.4) is 0 Å². The first-order chi connectivity index (χ1) is 9.76. The molecule has 20 heavy (non-hydrogen) atoms. The Morgan fingerprint density at radius 1 is 0.950 bits per heavy atom. The molecule has 0 aromatic heterocycles. The third-order valence-electron chi connectivity index (χ3n) is 3.24. The summed E-state index contributed by atoms with van der Waals surface area (Å²) in [5.41, 5.74) is 0.856. The molecular weight excluding hydrogens is 252 g/mol. The van der Waals surface area contributed by atoms with Gasteiger partial charge in [-0.15, -0.1) is 0 Å². The van der Waals surface area contributed by atoms with Gasteiger partial charge in [-0.25, -0.2) is 0 Å². The van der Waals surface area contributed by atoms with E-state index in [1.165, 1.54) is 0 Å². The second-order valence-corrected chi connectivity index (χ2v) is 4.57. The lowest BCUT2D eigenvalue weighted by molar-refractivity contribution is 0.0317. The Balaban J connectivity index is 2.17. The number of aliphatic hydroxyl groups excluding tert-OH is 1. The Bertz CT molecular complexity index is 525. The second kappa shape index (κ2) is 6.96. The first-order valence-electron chi connectivity index (χ1n) is 6.79. The fourth-order valence-corrected chi connectivity index (χ4v) is 2.12. The van der Waals surface area contributed by atoms with E-state index in [9.17, 15) is 5.11 Å². The molecule has 3 nitrogen and oxygen atoms in total. The summed E-state index contributed by atoms with van der Waals surface area (Å²) in [6.07, 6.45) is -0.270. The third kappa shape index (κ3) is 3.31. The summed E-state index contributed by atoms with van der Waals surface area (Å²) in [6.45, 7) is 1.99. The van der Waals surface area contributed by atoms with Crippen LogP contribution >= 0.6 is 0 Å². The van der Waals surface area contributed by atoms with E-state index in [1.54, 1.807) is 7.11 Å². The number of hydrogen-bond donors (Lipinski definition) is 1. The molecule has 2 unspecified atom stereocenters. The molecule has 0 spiro atoms. The van der Waals surface area contributed by atoms with Crippen molar-refractivity contribution in [1.82, 2.24) is 0 Å². The summed E-state index contributed by atoms with van der Waals surface area (Å²) in [7, 11) is 1.61. The number of rotatable bonds is 6. The summed E-state index contributed by atoms with van der Waals surface area (Å²) >= 11 is 0. The molecule has 106 valence electrons. The van der Waals surface area contributed by atoms with Crippen molar-refractivity contribution in [3.63, 3.8) is 0 Å². The summed E-state index contributed by atoms with van der Waals surface area (Å²) in [5.74, 6) is 1.32. The van der Waals surface area contributed by atoms with Gasteiger partial charge in [-0.3, -0.25) is 0 Å². The topological polar surface area (TPSA) is 38.7 Å². The largest absolute Gasteiger partial charge is 0.493 e. The minimum atomic E-state index is -0.661. The fourth-order valence-electron chi connectivity index (χ4n) is 2.12. The molecule has 2 aromatic carbocycles. The van der Waals surface area contributed by atoms with E-state index in [0.29, 0.717) is 17.9 Å². The van der Waals surface area contributed by atoms with E-state index < -0.39 is 6.10 Å². The molecule has 0 saturated heterocycles. The zero-order valence-electron chi connectivity index (χ0n) is 11.8. The van der Waals surface area contributed by atoms with Gasteiger partial charge in [-0.1, -0.05) is 49.4 Å². The monoisotopic (exact) mass is 272 g/mol. The highest BCUT2D eigenvalue weighted by Crippen LogP contribution is 2.30. The normalized spacial score (nSPS) is 13.6. The van der Waals surface area contributed by atoms with Gasteiger partial charge in [0.05, 0.1) is 7.11 Å². The minimum absolute atomic E-state index is 0.311. The minimum Gasteiger partial charge on any atom is -0.493 e. The Kier molecular flexibility index (Phi) is 5.02. The molecule has 3 heteroatoms. The van der Waals surface area contributed by atoms with Gasteiger partial charge in [-0.05, 0) is 24.1 Å². The Hall–Kier alpha value is -2.00. The van der Waals surface area contributed by atoms with Crippen molar-refractivity contribution in [2.75, 3.05) is 7.11 Å². The second-order valence-electron chi connectivity index (χ2n) is 4.57. The maximum atomic E-state index is 10.4. The van der Waals surface area contributed by atoms with E-state index in [2.05, 4.69) is 0 Å². The smallest absolute Gasteiger partial charge is 0.161 e. The van der Waals surface area contributed by atoms with Crippen LogP contribution in [0.5, 0.6) is 11.5 Å². The summed E-state index contributed by atoms with van der Waals surface area (Å²) < 4.78 is 11.2. The molecule has 2 rings (SSSR count). The highest BCUT2D eigenvalue weighted by atomic mass is 16.5.